The standard InChI is InChI=1S/C14H11ClN4OS/c1-7-3-2-4-9(15)10(7)19-14(20)8-5-21-12-11(8)17-6-18-13(12)16/h2-6H,1H3,(H,19,20)(H2,16,17,18). The quantitative estimate of drug-likeness (QED) is 0.758. The van der Waals surface area contributed by atoms with E-state index < -0.39 is 0 Å². The minimum atomic E-state index is -0.268. The van der Waals surface area contributed by atoms with Crippen molar-refractivity contribution in [2.75, 3.05) is 11.1 Å². The number of aromatic nitrogens is 2. The summed E-state index contributed by atoms with van der Waals surface area (Å²) in [6.45, 7) is 1.88. The van der Waals surface area contributed by atoms with Gasteiger partial charge in [0, 0.05) is 5.38 Å². The van der Waals surface area contributed by atoms with Gasteiger partial charge in [-0.3, -0.25) is 4.79 Å². The van der Waals surface area contributed by atoms with Gasteiger partial charge < -0.3 is 11.1 Å². The van der Waals surface area contributed by atoms with Gasteiger partial charge in [-0.05, 0) is 18.6 Å². The number of hydrogen-bond donors (Lipinski definition) is 2. The number of nitrogen functional groups attached to an aromatic ring is 1. The lowest BCUT2D eigenvalue weighted by molar-refractivity contribution is 0.102. The summed E-state index contributed by atoms with van der Waals surface area (Å²) in [5.74, 6) is 0.105. The Morgan fingerprint density at radius 3 is 2.95 bits per heavy atom. The first-order chi connectivity index (χ1) is 10.1. The van der Waals surface area contributed by atoms with Gasteiger partial charge in [0.15, 0.2) is 0 Å². The summed E-state index contributed by atoms with van der Waals surface area (Å²) in [5.41, 5.74) is 8.28. The van der Waals surface area contributed by atoms with Crippen LogP contribution in [0.15, 0.2) is 29.9 Å². The van der Waals surface area contributed by atoms with Crippen molar-refractivity contribution in [3.63, 3.8) is 0 Å². The molecule has 0 aliphatic heterocycles. The maximum Gasteiger partial charge on any atom is 0.258 e. The third kappa shape index (κ3) is 2.43. The molecule has 3 N–H and O–H groups in total. The third-order valence-corrected chi connectivity index (χ3v) is 4.39. The number of nitrogens with zero attached hydrogens (tertiary/aromatic N) is 2. The molecule has 0 spiro atoms. The predicted molar refractivity (Wildman–Crippen MR) is 86.0 cm³/mol. The molecule has 106 valence electrons. The lowest BCUT2D eigenvalue weighted by Gasteiger charge is -2.09. The van der Waals surface area contributed by atoms with Crippen LogP contribution in [0.5, 0.6) is 0 Å². The molecule has 0 bridgehead atoms. The van der Waals surface area contributed by atoms with E-state index in [4.69, 9.17) is 17.3 Å². The van der Waals surface area contributed by atoms with E-state index in [1.54, 1.807) is 11.4 Å². The highest BCUT2D eigenvalue weighted by Crippen LogP contribution is 2.30. The lowest BCUT2D eigenvalue weighted by Crippen LogP contribution is -2.13. The van der Waals surface area contributed by atoms with Crippen molar-refractivity contribution in [1.29, 1.82) is 0 Å². The summed E-state index contributed by atoms with van der Waals surface area (Å²) in [6, 6.07) is 5.45. The van der Waals surface area contributed by atoms with Crippen LogP contribution in [0.2, 0.25) is 5.02 Å². The first-order valence-corrected chi connectivity index (χ1v) is 7.38. The Kier molecular flexibility index (Phi) is 3.48. The van der Waals surface area contributed by atoms with E-state index in [-0.39, 0.29) is 5.91 Å². The fourth-order valence-corrected chi connectivity index (χ4v) is 3.17. The second-order valence-corrected chi connectivity index (χ2v) is 5.76. The Labute approximate surface area is 129 Å². The summed E-state index contributed by atoms with van der Waals surface area (Å²) < 4.78 is 0.707. The van der Waals surface area contributed by atoms with Gasteiger partial charge in [0.05, 0.1) is 26.5 Å². The van der Waals surface area contributed by atoms with Gasteiger partial charge in [0.1, 0.15) is 12.1 Å². The summed E-state index contributed by atoms with van der Waals surface area (Å²) in [5, 5.41) is 5.04. The molecular formula is C14H11ClN4OS. The van der Waals surface area contributed by atoms with E-state index >= 15 is 0 Å². The number of aryl methyl sites for hydroxylation is 1. The zero-order valence-corrected chi connectivity index (χ0v) is 12.6. The molecule has 7 heteroatoms. The average Bonchev–Trinajstić information content (AvgIpc) is 2.88. The Morgan fingerprint density at radius 1 is 1.38 bits per heavy atom. The van der Waals surface area contributed by atoms with E-state index in [2.05, 4.69) is 15.3 Å². The van der Waals surface area contributed by atoms with Gasteiger partial charge in [-0.25, -0.2) is 9.97 Å². The van der Waals surface area contributed by atoms with Gasteiger partial charge in [0.25, 0.3) is 5.91 Å². The van der Waals surface area contributed by atoms with Crippen LogP contribution in [0.25, 0.3) is 10.2 Å². The molecule has 0 unspecified atom stereocenters. The molecule has 2 aromatic heterocycles. The van der Waals surface area contributed by atoms with Gasteiger partial charge in [-0.2, -0.15) is 0 Å². The van der Waals surface area contributed by atoms with Crippen molar-refractivity contribution in [1.82, 2.24) is 9.97 Å². The number of rotatable bonds is 2. The van der Waals surface area contributed by atoms with Crippen LogP contribution in [-0.2, 0) is 0 Å². The van der Waals surface area contributed by atoms with Crippen molar-refractivity contribution < 1.29 is 4.79 Å². The van der Waals surface area contributed by atoms with Gasteiger partial charge in [0.2, 0.25) is 0 Å². The van der Waals surface area contributed by atoms with Crippen LogP contribution in [0.4, 0.5) is 11.5 Å². The number of nitrogens with two attached hydrogens (primary N) is 1. The molecule has 3 rings (SSSR count). The Balaban J connectivity index is 2.00. The Morgan fingerprint density at radius 2 is 2.19 bits per heavy atom. The van der Waals surface area contributed by atoms with Crippen molar-refractivity contribution >= 4 is 50.6 Å². The molecule has 0 saturated carbocycles. The highest BCUT2D eigenvalue weighted by molar-refractivity contribution is 7.18. The zero-order valence-electron chi connectivity index (χ0n) is 11.1. The lowest BCUT2D eigenvalue weighted by atomic mass is 10.2. The molecule has 0 radical (unpaired) electrons. The first-order valence-electron chi connectivity index (χ1n) is 6.12. The number of halogens is 1. The van der Waals surface area contributed by atoms with Crippen molar-refractivity contribution in [2.24, 2.45) is 0 Å². The number of amides is 1. The normalized spacial score (nSPS) is 10.8. The monoisotopic (exact) mass is 318 g/mol. The number of fused-ring (bicyclic) bond motifs is 1. The fraction of sp³-hybridized carbons (Fsp3) is 0.0714. The highest BCUT2D eigenvalue weighted by atomic mass is 35.5. The Bertz CT molecular complexity index is 826. The van der Waals surface area contributed by atoms with Crippen LogP contribution in [0.3, 0.4) is 0 Å². The number of nitrogens with one attached hydrogen (secondary N) is 1. The molecule has 0 atom stereocenters. The molecular weight excluding hydrogens is 308 g/mol. The maximum atomic E-state index is 12.4. The van der Waals surface area contributed by atoms with Crippen LogP contribution in [0, 0.1) is 6.92 Å². The molecule has 5 nitrogen and oxygen atoms in total. The molecule has 0 fully saturated rings. The molecule has 1 amide bonds. The minimum absolute atomic E-state index is 0.268. The van der Waals surface area contributed by atoms with Crippen molar-refractivity contribution in [3.8, 4) is 0 Å². The number of hydrogen-bond acceptors (Lipinski definition) is 5. The van der Waals surface area contributed by atoms with Crippen LogP contribution < -0.4 is 11.1 Å². The number of carbonyl (C=O) groups is 1. The van der Waals surface area contributed by atoms with E-state index in [0.717, 1.165) is 5.56 Å². The van der Waals surface area contributed by atoms with E-state index in [1.165, 1.54) is 17.7 Å². The van der Waals surface area contributed by atoms with Crippen LogP contribution in [0.1, 0.15) is 15.9 Å². The maximum absolute atomic E-state index is 12.4. The third-order valence-electron chi connectivity index (χ3n) is 3.09. The zero-order chi connectivity index (χ0) is 15.0. The smallest absolute Gasteiger partial charge is 0.258 e. The molecule has 0 saturated heterocycles. The average molecular weight is 319 g/mol. The summed E-state index contributed by atoms with van der Waals surface area (Å²) in [6.07, 6.45) is 1.35. The highest BCUT2D eigenvalue weighted by Gasteiger charge is 2.17. The fourth-order valence-electron chi connectivity index (χ4n) is 2.00. The molecule has 3 aromatic rings. The van der Waals surface area contributed by atoms with E-state index in [1.807, 2.05) is 19.1 Å². The molecule has 2 heterocycles. The molecule has 0 aliphatic carbocycles. The molecule has 1 aromatic carbocycles. The topological polar surface area (TPSA) is 80.9 Å². The van der Waals surface area contributed by atoms with E-state index in [9.17, 15) is 4.79 Å². The Hall–Kier alpha value is -2.18. The summed E-state index contributed by atoms with van der Waals surface area (Å²) in [4.78, 5) is 20.5. The number of thiophene rings is 1. The second kappa shape index (κ2) is 5.31. The van der Waals surface area contributed by atoms with E-state index in [0.29, 0.717) is 32.3 Å². The second-order valence-electron chi connectivity index (χ2n) is 4.47. The van der Waals surface area contributed by atoms with Crippen LogP contribution >= 0.6 is 22.9 Å². The van der Waals surface area contributed by atoms with Gasteiger partial charge >= 0.3 is 0 Å². The van der Waals surface area contributed by atoms with Gasteiger partial charge in [-0.1, -0.05) is 23.7 Å². The van der Waals surface area contributed by atoms with Crippen molar-refractivity contribution in [2.45, 2.75) is 6.92 Å². The minimum Gasteiger partial charge on any atom is -0.382 e. The van der Waals surface area contributed by atoms with Gasteiger partial charge in [-0.15, -0.1) is 11.3 Å². The summed E-state index contributed by atoms with van der Waals surface area (Å²) >= 11 is 7.46. The summed E-state index contributed by atoms with van der Waals surface area (Å²) in [7, 11) is 0. The number of anilines is 2. The molecule has 21 heavy (non-hydrogen) atoms. The number of carbonyl (C=O) groups excluding carboxylic acids is 1. The van der Waals surface area contributed by atoms with Crippen LogP contribution in [-0.4, -0.2) is 15.9 Å². The SMILES string of the molecule is Cc1cccc(Cl)c1NC(=O)c1csc2c(N)ncnc12. The van der Waals surface area contributed by atoms with Crippen molar-refractivity contribution in [3.05, 3.63) is 46.1 Å². The largest absolute Gasteiger partial charge is 0.382 e. The number of benzene rings is 1. The number of para-hydroxylation sites is 1. The first kappa shape index (κ1) is 13.8. The predicted octanol–water partition coefficient (Wildman–Crippen LogP) is 3.49. The molecule has 0 aliphatic rings.